The lowest BCUT2D eigenvalue weighted by molar-refractivity contribution is -0.139. The van der Waals surface area contributed by atoms with Gasteiger partial charge in [-0.3, -0.25) is 0 Å². The van der Waals surface area contributed by atoms with Gasteiger partial charge in [-0.15, -0.1) is 0 Å². The minimum Gasteiger partial charge on any atom is -0.493 e. The molecule has 0 spiro atoms. The van der Waals surface area contributed by atoms with Crippen molar-refractivity contribution in [2.75, 3.05) is 13.2 Å². The Labute approximate surface area is 90.0 Å². The quantitative estimate of drug-likeness (QED) is 0.682. The number of ether oxygens (including phenoxy) is 2. The minimum atomic E-state index is -4.37. The molecule has 0 saturated heterocycles. The molecule has 2 nitrogen and oxygen atoms in total. The molecule has 0 N–H and O–H groups in total. The molecule has 5 heteroatoms. The van der Waals surface area contributed by atoms with Crippen LogP contribution in [0.2, 0.25) is 0 Å². The van der Waals surface area contributed by atoms with Gasteiger partial charge in [0.15, 0.2) is 0 Å². The summed E-state index contributed by atoms with van der Waals surface area (Å²) in [5, 5.41) is 0. The van der Waals surface area contributed by atoms with Crippen LogP contribution in [0.4, 0.5) is 13.2 Å². The summed E-state index contributed by atoms with van der Waals surface area (Å²) in [6, 6.07) is 1.68. The molecule has 0 aromatic heterocycles. The molecular weight excluding hydrogens is 221 g/mol. The first-order chi connectivity index (χ1) is 7.57. The normalized spacial score (nSPS) is 17.7. The van der Waals surface area contributed by atoms with Crippen molar-refractivity contribution >= 4 is 0 Å². The molecule has 16 heavy (non-hydrogen) atoms. The number of rotatable bonds is 0. The zero-order valence-corrected chi connectivity index (χ0v) is 8.36. The van der Waals surface area contributed by atoms with Crippen molar-refractivity contribution in [3.8, 4) is 11.5 Å². The molecule has 0 unspecified atom stereocenters. The number of hydrogen-bond acceptors (Lipinski definition) is 2. The van der Waals surface area contributed by atoms with E-state index < -0.39 is 11.7 Å². The number of halogens is 3. The average molecular weight is 230 g/mol. The maximum Gasteiger partial charge on any atom is 0.420 e. The summed E-state index contributed by atoms with van der Waals surface area (Å²) in [5.41, 5.74) is 0.219. The van der Waals surface area contributed by atoms with Gasteiger partial charge in [-0.2, -0.15) is 13.2 Å². The van der Waals surface area contributed by atoms with E-state index in [1.54, 1.807) is 6.07 Å². The smallest absolute Gasteiger partial charge is 0.420 e. The van der Waals surface area contributed by atoms with Gasteiger partial charge >= 0.3 is 6.18 Å². The van der Waals surface area contributed by atoms with E-state index >= 15 is 0 Å². The van der Waals surface area contributed by atoms with Gasteiger partial charge in [0.2, 0.25) is 0 Å². The summed E-state index contributed by atoms with van der Waals surface area (Å²) in [7, 11) is 0. The second-order valence-corrected chi connectivity index (χ2v) is 3.91. The first-order valence-electron chi connectivity index (χ1n) is 5.09. The number of fused-ring (bicyclic) bond motifs is 2. The predicted molar refractivity (Wildman–Crippen MR) is 49.8 cm³/mol. The summed E-state index contributed by atoms with van der Waals surface area (Å²) in [5.74, 6) is 0.383. The van der Waals surface area contributed by atoms with Crippen LogP contribution in [0.3, 0.4) is 0 Å². The Kier molecular flexibility index (Phi) is 1.87. The molecule has 1 aromatic rings. The Morgan fingerprint density at radius 1 is 1.06 bits per heavy atom. The minimum absolute atomic E-state index is 0.0109. The molecule has 1 aromatic carbocycles. The van der Waals surface area contributed by atoms with Gasteiger partial charge in [0, 0.05) is 24.0 Å². The van der Waals surface area contributed by atoms with Crippen LogP contribution in [0.5, 0.6) is 11.5 Å². The van der Waals surface area contributed by atoms with Crippen LogP contribution in [0.15, 0.2) is 6.07 Å². The van der Waals surface area contributed by atoms with Gasteiger partial charge in [0.1, 0.15) is 17.1 Å². The van der Waals surface area contributed by atoms with Crippen LogP contribution in [0.1, 0.15) is 16.7 Å². The van der Waals surface area contributed by atoms with Crippen molar-refractivity contribution in [1.29, 1.82) is 0 Å². The van der Waals surface area contributed by atoms with Crippen LogP contribution in [0.25, 0.3) is 0 Å². The Balaban J connectivity index is 2.28. The lowest BCUT2D eigenvalue weighted by Crippen LogP contribution is -2.10. The highest BCUT2D eigenvalue weighted by Gasteiger charge is 2.42. The number of benzene rings is 1. The van der Waals surface area contributed by atoms with Crippen LogP contribution >= 0.6 is 0 Å². The van der Waals surface area contributed by atoms with E-state index in [-0.39, 0.29) is 11.3 Å². The first-order valence-corrected chi connectivity index (χ1v) is 5.09. The molecule has 0 atom stereocenters. The van der Waals surface area contributed by atoms with Crippen molar-refractivity contribution in [3.63, 3.8) is 0 Å². The van der Waals surface area contributed by atoms with Crippen LogP contribution in [-0.4, -0.2) is 13.2 Å². The largest absolute Gasteiger partial charge is 0.493 e. The fraction of sp³-hybridized carbons (Fsp3) is 0.455. The summed E-state index contributed by atoms with van der Waals surface area (Å²) >= 11 is 0. The SMILES string of the molecule is FC(F)(F)c1c2c(cc3c1OCC3)OCC2. The Bertz CT molecular complexity index is 419. The molecule has 2 heterocycles. The van der Waals surface area contributed by atoms with Gasteiger partial charge in [0.05, 0.1) is 13.2 Å². The molecule has 0 saturated carbocycles. The monoisotopic (exact) mass is 230 g/mol. The molecule has 0 bridgehead atoms. The van der Waals surface area contributed by atoms with E-state index in [2.05, 4.69) is 0 Å². The molecular formula is C11H9F3O2. The lowest BCUT2D eigenvalue weighted by Gasteiger charge is -2.15. The topological polar surface area (TPSA) is 18.5 Å². The van der Waals surface area contributed by atoms with E-state index in [0.29, 0.717) is 37.4 Å². The first kappa shape index (κ1) is 9.81. The van der Waals surface area contributed by atoms with Crippen LogP contribution in [-0.2, 0) is 19.0 Å². The molecule has 0 radical (unpaired) electrons. The third-order valence-corrected chi connectivity index (χ3v) is 2.93. The third-order valence-electron chi connectivity index (χ3n) is 2.93. The zero-order chi connectivity index (χ0) is 11.3. The summed E-state index contributed by atoms with van der Waals surface area (Å²) in [4.78, 5) is 0. The van der Waals surface area contributed by atoms with Crippen molar-refractivity contribution in [2.24, 2.45) is 0 Å². The highest BCUT2D eigenvalue weighted by Crippen LogP contribution is 2.47. The number of alkyl halides is 3. The van der Waals surface area contributed by atoms with Crippen LogP contribution in [0, 0.1) is 0 Å². The summed E-state index contributed by atoms with van der Waals surface area (Å²) in [6.45, 7) is 0.641. The van der Waals surface area contributed by atoms with Crippen molar-refractivity contribution in [1.82, 2.24) is 0 Å². The van der Waals surface area contributed by atoms with E-state index in [4.69, 9.17) is 9.47 Å². The van der Waals surface area contributed by atoms with Gasteiger partial charge in [-0.05, 0) is 6.07 Å². The Morgan fingerprint density at radius 2 is 1.81 bits per heavy atom. The summed E-state index contributed by atoms with van der Waals surface area (Å²) in [6.07, 6.45) is -3.54. The molecule has 2 aliphatic heterocycles. The van der Waals surface area contributed by atoms with E-state index in [9.17, 15) is 13.2 Å². The maximum atomic E-state index is 13.0. The van der Waals surface area contributed by atoms with Crippen molar-refractivity contribution in [2.45, 2.75) is 19.0 Å². The van der Waals surface area contributed by atoms with Crippen LogP contribution < -0.4 is 9.47 Å². The van der Waals surface area contributed by atoms with Crippen molar-refractivity contribution in [3.05, 3.63) is 22.8 Å². The van der Waals surface area contributed by atoms with Gasteiger partial charge < -0.3 is 9.47 Å². The molecule has 0 aliphatic carbocycles. The Hall–Kier alpha value is -1.39. The van der Waals surface area contributed by atoms with E-state index in [1.165, 1.54) is 0 Å². The molecule has 0 fully saturated rings. The summed E-state index contributed by atoms with van der Waals surface area (Å²) < 4.78 is 49.2. The predicted octanol–water partition coefficient (Wildman–Crippen LogP) is 2.58. The van der Waals surface area contributed by atoms with Crippen molar-refractivity contribution < 1.29 is 22.6 Å². The van der Waals surface area contributed by atoms with Gasteiger partial charge in [-0.1, -0.05) is 0 Å². The third kappa shape index (κ3) is 1.27. The lowest BCUT2D eigenvalue weighted by atomic mass is 9.99. The highest BCUT2D eigenvalue weighted by atomic mass is 19.4. The standard InChI is InChI=1S/C11H9F3O2/c12-11(13,14)9-7-2-4-15-8(7)5-6-1-3-16-10(6)9/h5H,1-4H2. The van der Waals surface area contributed by atoms with Gasteiger partial charge in [0.25, 0.3) is 0 Å². The second-order valence-electron chi connectivity index (χ2n) is 3.91. The highest BCUT2D eigenvalue weighted by molar-refractivity contribution is 5.57. The average Bonchev–Trinajstić information content (AvgIpc) is 2.77. The maximum absolute atomic E-state index is 13.0. The fourth-order valence-corrected chi connectivity index (χ4v) is 2.29. The second kappa shape index (κ2) is 3.06. The zero-order valence-electron chi connectivity index (χ0n) is 8.36. The molecule has 3 rings (SSSR count). The molecule has 0 amide bonds. The van der Waals surface area contributed by atoms with E-state index in [1.807, 2.05) is 0 Å². The number of hydrogen-bond donors (Lipinski definition) is 0. The van der Waals surface area contributed by atoms with Gasteiger partial charge in [-0.25, -0.2) is 0 Å². The van der Waals surface area contributed by atoms with E-state index in [0.717, 1.165) is 0 Å². The fourth-order valence-electron chi connectivity index (χ4n) is 2.29. The Morgan fingerprint density at radius 3 is 2.56 bits per heavy atom. The molecule has 2 aliphatic rings. The molecule has 86 valence electrons.